The molecule has 0 spiro atoms. The van der Waals surface area contributed by atoms with E-state index in [1.165, 1.54) is 45.0 Å². The van der Waals surface area contributed by atoms with Gasteiger partial charge in [-0.2, -0.15) is 11.8 Å². The Labute approximate surface area is 228 Å². The van der Waals surface area contributed by atoms with Gasteiger partial charge in [0.25, 0.3) is 5.56 Å². The Morgan fingerprint density at radius 1 is 1.03 bits per heavy atom. The molecule has 4 fully saturated rings. The summed E-state index contributed by atoms with van der Waals surface area (Å²) in [6.07, 6.45) is 8.55. The van der Waals surface area contributed by atoms with Gasteiger partial charge in [0.2, 0.25) is 0 Å². The average molecular weight is 545 g/mol. The summed E-state index contributed by atoms with van der Waals surface area (Å²) in [5.74, 6) is 3.46. The van der Waals surface area contributed by atoms with Gasteiger partial charge in [0.05, 0.1) is 17.9 Å². The second kappa shape index (κ2) is 12.2. The standard InChI is InChI=1S/C29H41FN4O3S/c30-25-14-23(15-26-28(25)29(35)32-27(31-26)19-38-24-6-12-36-13-7-24)37-18-20-4-8-33(9-5-20)10-11-34-16-21-2-1-3-22(21)17-34/h14-15,20-22,24H,1-13,16-19H2,(H,31,32,35). The summed E-state index contributed by atoms with van der Waals surface area (Å²) in [4.78, 5) is 25.2. The van der Waals surface area contributed by atoms with E-state index in [4.69, 9.17) is 9.47 Å². The number of H-pyrrole nitrogens is 1. The number of nitrogens with one attached hydrogen (secondary N) is 1. The number of likely N-dealkylation sites (tertiary alicyclic amines) is 2. The van der Waals surface area contributed by atoms with Crippen LogP contribution in [-0.2, 0) is 10.5 Å². The molecule has 38 heavy (non-hydrogen) atoms. The van der Waals surface area contributed by atoms with Gasteiger partial charge in [0.1, 0.15) is 22.8 Å². The van der Waals surface area contributed by atoms with Crippen LogP contribution in [0.5, 0.6) is 5.75 Å². The number of hydrogen-bond donors (Lipinski definition) is 1. The quantitative estimate of drug-likeness (QED) is 0.505. The lowest BCUT2D eigenvalue weighted by Gasteiger charge is -2.33. The SMILES string of the molecule is O=c1[nH]c(CSC2CCOCC2)nc2cc(OCC3CCN(CCN4CC5CCCC5C4)CC3)cc(F)c12. The lowest BCUT2D eigenvalue weighted by Crippen LogP contribution is -2.40. The van der Waals surface area contributed by atoms with E-state index >= 15 is 0 Å². The summed E-state index contributed by atoms with van der Waals surface area (Å²) in [7, 11) is 0. The van der Waals surface area contributed by atoms with Gasteiger partial charge in [-0.1, -0.05) is 6.42 Å². The van der Waals surface area contributed by atoms with Gasteiger partial charge in [0, 0.05) is 56.8 Å². The Kier molecular flexibility index (Phi) is 8.54. The maximum Gasteiger partial charge on any atom is 0.261 e. The Hall–Kier alpha value is -1.68. The van der Waals surface area contributed by atoms with Gasteiger partial charge in [-0.15, -0.1) is 0 Å². The van der Waals surface area contributed by atoms with E-state index in [2.05, 4.69) is 19.8 Å². The van der Waals surface area contributed by atoms with Gasteiger partial charge < -0.3 is 24.3 Å². The summed E-state index contributed by atoms with van der Waals surface area (Å²) in [5, 5.41) is 0.509. The molecule has 0 radical (unpaired) electrons. The van der Waals surface area contributed by atoms with Crippen LogP contribution in [0.1, 0.15) is 50.8 Å². The lowest BCUT2D eigenvalue weighted by molar-refractivity contribution is 0.1000. The molecule has 0 bridgehead atoms. The first kappa shape index (κ1) is 26.5. The van der Waals surface area contributed by atoms with Gasteiger partial charge in [-0.3, -0.25) is 4.79 Å². The van der Waals surface area contributed by atoms with E-state index in [1.54, 1.807) is 17.8 Å². The zero-order valence-electron chi connectivity index (χ0n) is 22.3. The number of fused-ring (bicyclic) bond motifs is 2. The number of benzene rings is 1. The molecule has 4 aliphatic rings. The number of aromatic nitrogens is 2. The minimum absolute atomic E-state index is 0.00658. The molecule has 7 nitrogen and oxygen atoms in total. The average Bonchev–Trinajstić information content (AvgIpc) is 3.53. The van der Waals surface area contributed by atoms with E-state index in [1.807, 2.05) is 0 Å². The summed E-state index contributed by atoms with van der Waals surface area (Å²) >= 11 is 1.78. The van der Waals surface area contributed by atoms with Crippen molar-refractivity contribution in [2.75, 3.05) is 59.1 Å². The topological polar surface area (TPSA) is 70.7 Å². The van der Waals surface area contributed by atoms with E-state index in [-0.39, 0.29) is 5.39 Å². The molecule has 1 saturated carbocycles. The van der Waals surface area contributed by atoms with Crippen LogP contribution in [0.15, 0.2) is 16.9 Å². The van der Waals surface area contributed by atoms with Crippen molar-refractivity contribution in [3.05, 3.63) is 34.1 Å². The molecule has 2 unspecified atom stereocenters. The van der Waals surface area contributed by atoms with Crippen molar-refractivity contribution >= 4 is 22.7 Å². The van der Waals surface area contributed by atoms with Crippen molar-refractivity contribution < 1.29 is 13.9 Å². The second-order valence-corrected chi connectivity index (χ2v) is 13.0. The molecular formula is C29H41FN4O3S. The normalized spacial score (nSPS) is 25.8. The minimum atomic E-state index is -0.573. The molecule has 3 aliphatic heterocycles. The third-order valence-electron chi connectivity index (χ3n) is 9.13. The number of aromatic amines is 1. The smallest absolute Gasteiger partial charge is 0.261 e. The molecule has 1 aromatic heterocycles. The monoisotopic (exact) mass is 544 g/mol. The van der Waals surface area contributed by atoms with E-state index < -0.39 is 11.4 Å². The highest BCUT2D eigenvalue weighted by atomic mass is 32.2. The maximum absolute atomic E-state index is 14.9. The third-order valence-corrected chi connectivity index (χ3v) is 10.5. The molecular weight excluding hydrogens is 503 g/mol. The van der Waals surface area contributed by atoms with Crippen LogP contribution in [0.3, 0.4) is 0 Å². The van der Waals surface area contributed by atoms with E-state index in [0.29, 0.717) is 40.6 Å². The molecule has 4 heterocycles. The van der Waals surface area contributed by atoms with Crippen molar-refractivity contribution in [1.29, 1.82) is 0 Å². The first-order valence-electron chi connectivity index (χ1n) is 14.6. The third kappa shape index (κ3) is 6.37. The van der Waals surface area contributed by atoms with E-state index in [0.717, 1.165) is 70.4 Å². The Morgan fingerprint density at radius 3 is 2.53 bits per heavy atom. The van der Waals surface area contributed by atoms with Gasteiger partial charge in [-0.25, -0.2) is 9.37 Å². The van der Waals surface area contributed by atoms with Crippen LogP contribution >= 0.6 is 11.8 Å². The number of ether oxygens (including phenoxy) is 2. The summed E-state index contributed by atoms with van der Waals surface area (Å²) in [6, 6.07) is 3.05. The molecule has 9 heteroatoms. The van der Waals surface area contributed by atoms with Crippen LogP contribution in [0.25, 0.3) is 10.9 Å². The van der Waals surface area contributed by atoms with Gasteiger partial charge in [-0.05, 0) is 69.4 Å². The Balaban J connectivity index is 0.984. The number of nitrogens with zero attached hydrogens (tertiary/aromatic N) is 3. The molecule has 208 valence electrons. The summed E-state index contributed by atoms with van der Waals surface area (Å²) in [6.45, 7) is 9.34. The van der Waals surface area contributed by atoms with Crippen molar-refractivity contribution in [2.45, 2.75) is 55.9 Å². The highest BCUT2D eigenvalue weighted by molar-refractivity contribution is 7.99. The molecule has 6 rings (SSSR count). The minimum Gasteiger partial charge on any atom is -0.493 e. The fraction of sp³-hybridized carbons (Fsp3) is 0.724. The van der Waals surface area contributed by atoms with Crippen molar-refractivity contribution in [3.63, 3.8) is 0 Å². The zero-order chi connectivity index (χ0) is 25.9. The highest BCUT2D eigenvalue weighted by Gasteiger charge is 2.35. The second-order valence-electron chi connectivity index (χ2n) is 11.7. The number of thioether (sulfide) groups is 1. The van der Waals surface area contributed by atoms with Crippen LogP contribution in [-0.4, -0.2) is 84.1 Å². The summed E-state index contributed by atoms with van der Waals surface area (Å²) in [5.41, 5.74) is -0.0571. The van der Waals surface area contributed by atoms with Gasteiger partial charge in [0.15, 0.2) is 0 Å². The van der Waals surface area contributed by atoms with Crippen LogP contribution in [0.2, 0.25) is 0 Å². The predicted molar refractivity (Wildman–Crippen MR) is 149 cm³/mol. The fourth-order valence-corrected chi connectivity index (χ4v) is 7.88. The van der Waals surface area contributed by atoms with Crippen LogP contribution in [0.4, 0.5) is 4.39 Å². The predicted octanol–water partition coefficient (Wildman–Crippen LogP) is 4.30. The molecule has 3 saturated heterocycles. The highest BCUT2D eigenvalue weighted by Crippen LogP contribution is 2.37. The van der Waals surface area contributed by atoms with Crippen molar-refractivity contribution in [1.82, 2.24) is 19.8 Å². The maximum atomic E-state index is 14.9. The zero-order valence-corrected chi connectivity index (χ0v) is 23.2. The Morgan fingerprint density at radius 2 is 1.76 bits per heavy atom. The number of rotatable bonds is 9. The summed E-state index contributed by atoms with van der Waals surface area (Å²) < 4.78 is 26.3. The fourth-order valence-electron chi connectivity index (χ4n) is 6.83. The molecule has 2 atom stereocenters. The van der Waals surface area contributed by atoms with Gasteiger partial charge >= 0.3 is 0 Å². The number of hydrogen-bond acceptors (Lipinski definition) is 7. The Bertz CT molecular complexity index is 1140. The lowest BCUT2D eigenvalue weighted by atomic mass is 9.98. The number of piperidine rings is 1. The number of halogens is 1. The molecule has 1 aromatic carbocycles. The molecule has 2 aromatic rings. The van der Waals surface area contributed by atoms with Crippen LogP contribution < -0.4 is 10.3 Å². The molecule has 1 aliphatic carbocycles. The first-order chi connectivity index (χ1) is 18.6. The largest absolute Gasteiger partial charge is 0.493 e. The van der Waals surface area contributed by atoms with E-state index in [9.17, 15) is 9.18 Å². The van der Waals surface area contributed by atoms with Crippen LogP contribution in [0, 0.1) is 23.6 Å². The van der Waals surface area contributed by atoms with Crippen molar-refractivity contribution in [2.24, 2.45) is 17.8 Å². The first-order valence-corrected chi connectivity index (χ1v) is 15.6. The molecule has 1 N–H and O–H groups in total. The molecule has 0 amide bonds. The van der Waals surface area contributed by atoms with Crippen molar-refractivity contribution in [3.8, 4) is 5.75 Å².